The first-order valence-electron chi connectivity index (χ1n) is 9.85. The van der Waals surface area contributed by atoms with Crippen molar-refractivity contribution in [2.24, 2.45) is 0 Å². The Morgan fingerprint density at radius 3 is 2.43 bits per heavy atom. The van der Waals surface area contributed by atoms with Gasteiger partial charge in [-0.05, 0) is 56.5 Å². The molecule has 0 spiro atoms. The van der Waals surface area contributed by atoms with Crippen molar-refractivity contribution < 1.29 is 13.2 Å². The van der Waals surface area contributed by atoms with E-state index in [4.69, 9.17) is 4.74 Å². The van der Waals surface area contributed by atoms with Crippen molar-refractivity contribution in [1.29, 1.82) is 0 Å². The third-order valence-electron chi connectivity index (χ3n) is 5.35. The van der Waals surface area contributed by atoms with E-state index >= 15 is 0 Å². The molecule has 1 atom stereocenters. The lowest BCUT2D eigenvalue weighted by atomic mass is 10.1. The molecule has 5 nitrogen and oxygen atoms in total. The first kappa shape index (κ1) is 20.8. The molecule has 6 heteroatoms. The van der Waals surface area contributed by atoms with Gasteiger partial charge in [0, 0.05) is 32.2 Å². The van der Waals surface area contributed by atoms with Gasteiger partial charge in [-0.2, -0.15) is 4.31 Å². The van der Waals surface area contributed by atoms with Gasteiger partial charge in [-0.25, -0.2) is 8.42 Å². The molecule has 0 aromatic heterocycles. The molecule has 1 heterocycles. The Balaban J connectivity index is 1.76. The topological polar surface area (TPSA) is 49.9 Å². The minimum absolute atomic E-state index is 0.160. The number of rotatable bonds is 6. The zero-order valence-electron chi connectivity index (χ0n) is 17.2. The van der Waals surface area contributed by atoms with Crippen LogP contribution in [0.1, 0.15) is 30.5 Å². The minimum Gasteiger partial charge on any atom is -0.494 e. The van der Waals surface area contributed by atoms with Crippen LogP contribution in [0.4, 0.5) is 0 Å². The van der Waals surface area contributed by atoms with E-state index in [1.54, 1.807) is 10.4 Å². The number of aryl methyl sites for hydroxylation is 2. The van der Waals surface area contributed by atoms with E-state index in [0.29, 0.717) is 24.6 Å². The van der Waals surface area contributed by atoms with Gasteiger partial charge in [0.05, 0.1) is 11.5 Å². The third-order valence-corrected chi connectivity index (χ3v) is 7.35. The number of hydrogen-bond acceptors (Lipinski definition) is 4. The van der Waals surface area contributed by atoms with Crippen molar-refractivity contribution in [2.45, 2.75) is 45.2 Å². The molecule has 1 aliphatic rings. The maximum atomic E-state index is 13.3. The highest BCUT2D eigenvalue weighted by Gasteiger charge is 2.33. The molecule has 2 aromatic rings. The van der Waals surface area contributed by atoms with Gasteiger partial charge in [0.25, 0.3) is 0 Å². The zero-order valence-corrected chi connectivity index (χ0v) is 18.0. The standard InChI is InChI=1S/C22H30N2O3S/c1-5-27-21-13-18(3)22(14-17(21)2)28(25,26)24-12-11-23(19(4)15-24)16-20-9-7-6-8-10-20/h6-10,13-14,19H,5,11-12,15-16H2,1-4H3. The molecule has 0 bridgehead atoms. The van der Waals surface area contributed by atoms with Gasteiger partial charge in [0.15, 0.2) is 0 Å². The molecule has 1 saturated heterocycles. The van der Waals surface area contributed by atoms with Crippen LogP contribution in [0, 0.1) is 13.8 Å². The largest absolute Gasteiger partial charge is 0.494 e. The second kappa shape index (κ2) is 8.64. The molecule has 1 unspecified atom stereocenters. The molecule has 0 N–H and O–H groups in total. The van der Waals surface area contributed by atoms with Crippen LogP contribution in [0.3, 0.4) is 0 Å². The molecular weight excluding hydrogens is 372 g/mol. The summed E-state index contributed by atoms with van der Waals surface area (Å²) in [5.74, 6) is 0.750. The number of hydrogen-bond donors (Lipinski definition) is 0. The number of piperazine rings is 1. The average Bonchev–Trinajstić information content (AvgIpc) is 2.67. The lowest BCUT2D eigenvalue weighted by Crippen LogP contribution is -2.53. The van der Waals surface area contributed by atoms with Crippen molar-refractivity contribution in [3.63, 3.8) is 0 Å². The summed E-state index contributed by atoms with van der Waals surface area (Å²) in [6.45, 7) is 10.9. The fourth-order valence-corrected chi connectivity index (χ4v) is 5.53. The van der Waals surface area contributed by atoms with Crippen molar-refractivity contribution >= 4 is 10.0 Å². The first-order chi connectivity index (χ1) is 13.3. The molecule has 28 heavy (non-hydrogen) atoms. The van der Waals surface area contributed by atoms with Crippen molar-refractivity contribution in [3.05, 3.63) is 59.2 Å². The number of nitrogens with zero attached hydrogens (tertiary/aromatic N) is 2. The molecule has 1 fully saturated rings. The molecule has 0 saturated carbocycles. The Kier molecular flexibility index (Phi) is 6.43. The lowest BCUT2D eigenvalue weighted by molar-refractivity contribution is 0.122. The number of ether oxygens (including phenoxy) is 1. The van der Waals surface area contributed by atoms with Gasteiger partial charge in [-0.15, -0.1) is 0 Å². The van der Waals surface area contributed by atoms with Crippen LogP contribution >= 0.6 is 0 Å². The maximum absolute atomic E-state index is 13.3. The molecule has 3 rings (SSSR count). The highest BCUT2D eigenvalue weighted by Crippen LogP contribution is 2.29. The molecule has 0 amide bonds. The van der Waals surface area contributed by atoms with E-state index < -0.39 is 10.0 Å². The van der Waals surface area contributed by atoms with E-state index in [0.717, 1.165) is 30.0 Å². The van der Waals surface area contributed by atoms with Crippen LogP contribution in [0.2, 0.25) is 0 Å². The second-order valence-corrected chi connectivity index (χ2v) is 9.39. The van der Waals surface area contributed by atoms with Crippen molar-refractivity contribution in [1.82, 2.24) is 9.21 Å². The average molecular weight is 403 g/mol. The van der Waals surface area contributed by atoms with E-state index in [-0.39, 0.29) is 6.04 Å². The second-order valence-electron chi connectivity index (χ2n) is 7.48. The summed E-state index contributed by atoms with van der Waals surface area (Å²) in [5.41, 5.74) is 2.83. The number of sulfonamides is 1. The predicted molar refractivity (Wildman–Crippen MR) is 112 cm³/mol. The van der Waals surface area contributed by atoms with E-state index in [1.165, 1.54) is 5.56 Å². The molecular formula is C22H30N2O3S. The summed E-state index contributed by atoms with van der Waals surface area (Å²) in [7, 11) is -3.52. The van der Waals surface area contributed by atoms with Gasteiger partial charge < -0.3 is 4.74 Å². The van der Waals surface area contributed by atoms with Crippen LogP contribution in [-0.2, 0) is 16.6 Å². The summed E-state index contributed by atoms with van der Waals surface area (Å²) < 4.78 is 33.8. The fraction of sp³-hybridized carbons (Fsp3) is 0.455. The van der Waals surface area contributed by atoms with E-state index in [9.17, 15) is 8.42 Å². The molecule has 152 valence electrons. The Labute approximate surface area is 169 Å². The van der Waals surface area contributed by atoms with Gasteiger partial charge in [-0.3, -0.25) is 4.90 Å². The quantitative estimate of drug-likeness (QED) is 0.741. The SMILES string of the molecule is CCOc1cc(C)c(S(=O)(=O)N2CCN(Cc3ccccc3)C(C)C2)cc1C. The number of benzene rings is 2. The minimum atomic E-state index is -3.52. The zero-order chi connectivity index (χ0) is 20.3. The van der Waals surface area contributed by atoms with E-state index in [2.05, 4.69) is 24.0 Å². The van der Waals surface area contributed by atoms with Crippen LogP contribution in [0.5, 0.6) is 5.75 Å². The molecule has 0 radical (unpaired) electrons. The van der Waals surface area contributed by atoms with Gasteiger partial charge in [-0.1, -0.05) is 30.3 Å². The maximum Gasteiger partial charge on any atom is 0.243 e. The summed E-state index contributed by atoms with van der Waals surface area (Å²) >= 11 is 0. The van der Waals surface area contributed by atoms with Crippen LogP contribution in [0.15, 0.2) is 47.4 Å². The Hall–Kier alpha value is -1.89. The van der Waals surface area contributed by atoms with Crippen LogP contribution in [0.25, 0.3) is 0 Å². The normalized spacial score (nSPS) is 18.9. The summed E-state index contributed by atoms with van der Waals surface area (Å²) in [5, 5.41) is 0. The van der Waals surface area contributed by atoms with Gasteiger partial charge in [0.1, 0.15) is 5.75 Å². The summed E-state index contributed by atoms with van der Waals surface area (Å²) in [6.07, 6.45) is 0. The monoisotopic (exact) mass is 402 g/mol. The van der Waals surface area contributed by atoms with Gasteiger partial charge in [0.2, 0.25) is 10.0 Å². The Morgan fingerprint density at radius 2 is 1.79 bits per heavy atom. The smallest absolute Gasteiger partial charge is 0.243 e. The van der Waals surface area contributed by atoms with Crippen LogP contribution in [-0.4, -0.2) is 49.9 Å². The summed E-state index contributed by atoms with van der Waals surface area (Å²) in [6, 6.07) is 14.1. The Bertz CT molecular complexity index is 913. The molecule has 2 aromatic carbocycles. The highest BCUT2D eigenvalue weighted by molar-refractivity contribution is 7.89. The lowest BCUT2D eigenvalue weighted by Gasteiger charge is -2.39. The third kappa shape index (κ3) is 4.40. The summed E-state index contributed by atoms with van der Waals surface area (Å²) in [4.78, 5) is 2.73. The van der Waals surface area contributed by atoms with Gasteiger partial charge >= 0.3 is 0 Å². The first-order valence-corrected chi connectivity index (χ1v) is 11.3. The fourth-order valence-electron chi connectivity index (χ4n) is 3.72. The Morgan fingerprint density at radius 1 is 1.07 bits per heavy atom. The van der Waals surface area contributed by atoms with Crippen LogP contribution < -0.4 is 4.74 Å². The van der Waals surface area contributed by atoms with Crippen molar-refractivity contribution in [2.75, 3.05) is 26.2 Å². The van der Waals surface area contributed by atoms with E-state index in [1.807, 2.05) is 45.0 Å². The predicted octanol–water partition coefficient (Wildman–Crippen LogP) is 3.60. The van der Waals surface area contributed by atoms with Crippen molar-refractivity contribution in [3.8, 4) is 5.75 Å². The molecule has 1 aliphatic heterocycles. The molecule has 0 aliphatic carbocycles. The highest BCUT2D eigenvalue weighted by atomic mass is 32.2.